The van der Waals surface area contributed by atoms with Gasteiger partial charge in [-0.15, -0.1) is 0 Å². The molecule has 0 saturated carbocycles. The third-order valence-corrected chi connectivity index (χ3v) is 4.79. The number of hydrogen-bond donors (Lipinski definition) is 1. The average molecular weight is 341 g/mol. The summed E-state index contributed by atoms with van der Waals surface area (Å²) in [4.78, 5) is 12.4. The molecule has 1 atom stereocenters. The number of nitrogens with one attached hydrogen (secondary N) is 1. The summed E-state index contributed by atoms with van der Waals surface area (Å²) in [6, 6.07) is 9.43. The quantitative estimate of drug-likeness (QED) is 0.905. The molecular weight excluding hydrogens is 318 g/mol. The first-order valence-electron chi connectivity index (χ1n) is 8.28. The fourth-order valence-corrected chi connectivity index (χ4v) is 3.63. The van der Waals surface area contributed by atoms with Crippen molar-refractivity contribution in [1.82, 2.24) is 0 Å². The molecule has 132 valence electrons. The summed E-state index contributed by atoms with van der Waals surface area (Å²) in [6.45, 7) is 0. The van der Waals surface area contributed by atoms with Crippen LogP contribution in [0.3, 0.4) is 0 Å². The monoisotopic (exact) mass is 341 g/mol. The molecule has 1 aliphatic carbocycles. The number of methoxy groups -OCH3 is 3. The van der Waals surface area contributed by atoms with Crippen molar-refractivity contribution < 1.29 is 14.2 Å². The van der Waals surface area contributed by atoms with E-state index < -0.39 is 0 Å². The van der Waals surface area contributed by atoms with Crippen molar-refractivity contribution in [3.05, 3.63) is 57.2 Å². The van der Waals surface area contributed by atoms with Crippen molar-refractivity contribution in [2.45, 2.75) is 18.8 Å². The minimum Gasteiger partial charge on any atom is -0.493 e. The summed E-state index contributed by atoms with van der Waals surface area (Å²) in [5, 5.41) is 2.93. The zero-order valence-electron chi connectivity index (χ0n) is 15.0. The van der Waals surface area contributed by atoms with E-state index in [2.05, 4.69) is 5.32 Å². The maximum Gasteiger partial charge on any atom is 0.203 e. The molecular formula is C20H23NO4. The van der Waals surface area contributed by atoms with Crippen LogP contribution < -0.4 is 25.0 Å². The predicted octanol–water partition coefficient (Wildman–Crippen LogP) is 3.19. The molecule has 0 bridgehead atoms. The van der Waals surface area contributed by atoms with Crippen LogP contribution in [0.2, 0.25) is 0 Å². The number of benzene rings is 1. The minimum absolute atomic E-state index is 0.0182. The van der Waals surface area contributed by atoms with Crippen LogP contribution in [0.15, 0.2) is 35.1 Å². The SMILES string of the molecule is CNc1cccc(C2CCc3cc(OC)c(OC)c(OC)c32)cc1=O. The van der Waals surface area contributed by atoms with E-state index in [4.69, 9.17) is 14.2 Å². The van der Waals surface area contributed by atoms with Gasteiger partial charge >= 0.3 is 0 Å². The zero-order valence-corrected chi connectivity index (χ0v) is 15.0. The van der Waals surface area contributed by atoms with Crippen molar-refractivity contribution in [2.24, 2.45) is 0 Å². The molecule has 3 rings (SSSR count). The lowest BCUT2D eigenvalue weighted by Gasteiger charge is -2.19. The third-order valence-electron chi connectivity index (χ3n) is 4.79. The largest absolute Gasteiger partial charge is 0.493 e. The van der Waals surface area contributed by atoms with Crippen molar-refractivity contribution in [3.63, 3.8) is 0 Å². The summed E-state index contributed by atoms with van der Waals surface area (Å²) in [5.41, 5.74) is 3.80. The average Bonchev–Trinajstić information content (AvgIpc) is 2.96. The van der Waals surface area contributed by atoms with Gasteiger partial charge in [0.05, 0.1) is 27.0 Å². The highest BCUT2D eigenvalue weighted by Gasteiger charge is 2.32. The van der Waals surface area contributed by atoms with Gasteiger partial charge in [0.25, 0.3) is 0 Å². The molecule has 0 heterocycles. The number of rotatable bonds is 5. The molecule has 0 aliphatic heterocycles. The van der Waals surface area contributed by atoms with E-state index >= 15 is 0 Å². The third kappa shape index (κ3) is 2.90. The van der Waals surface area contributed by atoms with Gasteiger partial charge in [0.1, 0.15) is 0 Å². The summed E-state index contributed by atoms with van der Waals surface area (Å²) < 4.78 is 16.6. The Kier molecular flexibility index (Phi) is 4.83. The molecule has 5 nitrogen and oxygen atoms in total. The van der Waals surface area contributed by atoms with Gasteiger partial charge in [-0.3, -0.25) is 4.79 Å². The predicted molar refractivity (Wildman–Crippen MR) is 98.5 cm³/mol. The zero-order chi connectivity index (χ0) is 18.0. The Morgan fingerprint density at radius 2 is 1.80 bits per heavy atom. The van der Waals surface area contributed by atoms with Crippen LogP contribution in [-0.2, 0) is 6.42 Å². The Morgan fingerprint density at radius 1 is 1.04 bits per heavy atom. The number of ether oxygens (including phenoxy) is 3. The van der Waals surface area contributed by atoms with Crippen LogP contribution in [0.1, 0.15) is 29.0 Å². The minimum atomic E-state index is -0.0182. The molecule has 1 unspecified atom stereocenters. The smallest absolute Gasteiger partial charge is 0.203 e. The fraction of sp³-hybridized carbons (Fsp3) is 0.350. The van der Waals surface area contributed by atoms with E-state index in [1.54, 1.807) is 40.5 Å². The molecule has 2 aromatic carbocycles. The summed E-state index contributed by atoms with van der Waals surface area (Å²) in [7, 11) is 6.61. The summed E-state index contributed by atoms with van der Waals surface area (Å²) >= 11 is 0. The fourth-order valence-electron chi connectivity index (χ4n) is 3.63. The second-order valence-corrected chi connectivity index (χ2v) is 6.01. The second kappa shape index (κ2) is 7.05. The lowest BCUT2D eigenvalue weighted by molar-refractivity contribution is 0.322. The van der Waals surface area contributed by atoms with E-state index in [-0.39, 0.29) is 11.3 Å². The van der Waals surface area contributed by atoms with Crippen LogP contribution in [0, 0.1) is 0 Å². The highest BCUT2D eigenvalue weighted by atomic mass is 16.5. The number of fused-ring (bicyclic) bond motifs is 1. The normalized spacial score (nSPS) is 15.4. The maximum absolute atomic E-state index is 12.4. The Bertz CT molecular complexity index is 848. The Labute approximate surface area is 147 Å². The Balaban J connectivity index is 2.18. The van der Waals surface area contributed by atoms with Crippen molar-refractivity contribution in [3.8, 4) is 17.2 Å². The van der Waals surface area contributed by atoms with Crippen LogP contribution in [0.5, 0.6) is 17.2 Å². The van der Waals surface area contributed by atoms with E-state index in [0.717, 1.165) is 24.0 Å². The van der Waals surface area contributed by atoms with E-state index in [1.807, 2.05) is 18.2 Å². The topological polar surface area (TPSA) is 56.8 Å². The van der Waals surface area contributed by atoms with Gasteiger partial charge in [-0.25, -0.2) is 0 Å². The molecule has 0 amide bonds. The highest BCUT2D eigenvalue weighted by Crippen LogP contribution is 2.50. The first kappa shape index (κ1) is 17.1. The number of anilines is 1. The molecule has 0 fully saturated rings. The Hall–Kier alpha value is -2.69. The first-order chi connectivity index (χ1) is 12.1. The van der Waals surface area contributed by atoms with Gasteiger partial charge in [-0.05, 0) is 42.2 Å². The molecule has 0 saturated heterocycles. The Morgan fingerprint density at radius 3 is 2.44 bits per heavy atom. The molecule has 1 aliphatic rings. The van der Waals surface area contributed by atoms with Crippen LogP contribution in [0.25, 0.3) is 0 Å². The standard InChI is InChI=1S/C20H23NO4/c1-21-15-7-5-6-12(10-16(15)22)14-9-8-13-11-17(23-2)19(24-3)20(25-4)18(13)14/h5-7,10-11,14H,8-9H2,1-4H3,(H,21,22). The van der Waals surface area contributed by atoms with Crippen molar-refractivity contribution >= 4 is 5.69 Å². The lowest BCUT2D eigenvalue weighted by Crippen LogP contribution is -2.07. The van der Waals surface area contributed by atoms with Gasteiger partial charge in [-0.2, -0.15) is 0 Å². The molecule has 5 heteroatoms. The molecule has 0 aromatic heterocycles. The van der Waals surface area contributed by atoms with Gasteiger partial charge < -0.3 is 19.5 Å². The maximum atomic E-state index is 12.4. The van der Waals surface area contributed by atoms with Crippen LogP contribution in [0.4, 0.5) is 5.69 Å². The molecule has 0 radical (unpaired) electrons. The lowest BCUT2D eigenvalue weighted by atomic mass is 9.92. The molecule has 0 spiro atoms. The second-order valence-electron chi connectivity index (χ2n) is 6.01. The van der Waals surface area contributed by atoms with Gasteiger partial charge in [-0.1, -0.05) is 12.1 Å². The van der Waals surface area contributed by atoms with Crippen LogP contribution in [-0.4, -0.2) is 28.4 Å². The van der Waals surface area contributed by atoms with E-state index in [0.29, 0.717) is 22.9 Å². The van der Waals surface area contributed by atoms with Crippen LogP contribution >= 0.6 is 0 Å². The van der Waals surface area contributed by atoms with Gasteiger partial charge in [0, 0.05) is 18.5 Å². The molecule has 2 aromatic rings. The summed E-state index contributed by atoms with van der Waals surface area (Å²) in [5.74, 6) is 2.04. The summed E-state index contributed by atoms with van der Waals surface area (Å²) in [6.07, 6.45) is 1.82. The van der Waals surface area contributed by atoms with Crippen molar-refractivity contribution in [1.29, 1.82) is 0 Å². The highest BCUT2D eigenvalue weighted by molar-refractivity contribution is 5.63. The number of aryl methyl sites for hydroxylation is 1. The molecule has 1 N–H and O–H groups in total. The first-order valence-corrected chi connectivity index (χ1v) is 8.28. The van der Waals surface area contributed by atoms with E-state index in [1.165, 1.54) is 5.56 Å². The van der Waals surface area contributed by atoms with E-state index in [9.17, 15) is 4.79 Å². The molecule has 25 heavy (non-hydrogen) atoms. The number of hydrogen-bond acceptors (Lipinski definition) is 5. The van der Waals surface area contributed by atoms with Gasteiger partial charge in [0.15, 0.2) is 11.5 Å². The van der Waals surface area contributed by atoms with Crippen molar-refractivity contribution in [2.75, 3.05) is 33.7 Å². The van der Waals surface area contributed by atoms with Gasteiger partial charge in [0.2, 0.25) is 11.2 Å².